The Balaban J connectivity index is 2.44. The summed E-state index contributed by atoms with van der Waals surface area (Å²) in [6, 6.07) is 7.12. The first-order valence-electron chi connectivity index (χ1n) is 6.10. The molecule has 0 radical (unpaired) electrons. The first-order valence-corrected chi connectivity index (χ1v) is 6.10. The van der Waals surface area contributed by atoms with Gasteiger partial charge in [0.1, 0.15) is 5.75 Å². The van der Waals surface area contributed by atoms with Crippen LogP contribution in [0.1, 0.15) is 17.3 Å². The van der Waals surface area contributed by atoms with Crippen LogP contribution in [0, 0.1) is 5.92 Å². The number of methoxy groups -OCH3 is 1. The maximum atomic E-state index is 11.9. The summed E-state index contributed by atoms with van der Waals surface area (Å²) >= 11 is 0. The van der Waals surface area contributed by atoms with Crippen LogP contribution in [-0.2, 0) is 0 Å². The van der Waals surface area contributed by atoms with E-state index >= 15 is 0 Å². The molecule has 0 fully saturated rings. The van der Waals surface area contributed by atoms with Crippen molar-refractivity contribution in [3.05, 3.63) is 29.8 Å². The van der Waals surface area contributed by atoms with Crippen LogP contribution in [0.5, 0.6) is 5.75 Å². The van der Waals surface area contributed by atoms with Crippen LogP contribution in [0.2, 0.25) is 0 Å². The Hall–Kier alpha value is -1.55. The quantitative estimate of drug-likeness (QED) is 0.834. The first kappa shape index (κ1) is 14.5. The molecular formula is C14H22N2O2. The van der Waals surface area contributed by atoms with Gasteiger partial charge in [-0.15, -0.1) is 0 Å². The highest BCUT2D eigenvalue weighted by molar-refractivity contribution is 5.94. The zero-order valence-electron chi connectivity index (χ0n) is 11.6. The molecule has 1 atom stereocenters. The minimum Gasteiger partial charge on any atom is -0.497 e. The zero-order valence-corrected chi connectivity index (χ0v) is 11.6. The van der Waals surface area contributed by atoms with Crippen molar-refractivity contribution in [1.82, 2.24) is 10.2 Å². The molecule has 1 N–H and O–H groups in total. The van der Waals surface area contributed by atoms with E-state index in [0.29, 0.717) is 18.0 Å². The van der Waals surface area contributed by atoms with E-state index < -0.39 is 0 Å². The Morgan fingerprint density at radius 3 is 2.44 bits per heavy atom. The Labute approximate surface area is 109 Å². The van der Waals surface area contributed by atoms with E-state index in [9.17, 15) is 4.79 Å². The number of nitrogens with zero attached hydrogens (tertiary/aromatic N) is 1. The molecule has 1 rings (SSSR count). The molecule has 0 aliphatic heterocycles. The number of amides is 1. The van der Waals surface area contributed by atoms with Crippen LogP contribution in [0.4, 0.5) is 0 Å². The van der Waals surface area contributed by atoms with Gasteiger partial charge in [-0.05, 0) is 44.3 Å². The van der Waals surface area contributed by atoms with Crippen LogP contribution in [0.15, 0.2) is 24.3 Å². The van der Waals surface area contributed by atoms with Gasteiger partial charge in [0.05, 0.1) is 7.11 Å². The van der Waals surface area contributed by atoms with Gasteiger partial charge in [-0.2, -0.15) is 0 Å². The molecule has 0 unspecified atom stereocenters. The van der Waals surface area contributed by atoms with Crippen LogP contribution in [-0.4, -0.2) is 45.1 Å². The van der Waals surface area contributed by atoms with E-state index in [4.69, 9.17) is 4.74 Å². The fourth-order valence-corrected chi connectivity index (χ4v) is 1.80. The van der Waals surface area contributed by atoms with Gasteiger partial charge in [0.25, 0.3) is 5.91 Å². The molecule has 1 amide bonds. The van der Waals surface area contributed by atoms with Gasteiger partial charge in [0, 0.05) is 18.7 Å². The van der Waals surface area contributed by atoms with Crippen molar-refractivity contribution in [3.8, 4) is 5.75 Å². The second kappa shape index (κ2) is 7.01. The van der Waals surface area contributed by atoms with Crippen molar-refractivity contribution < 1.29 is 9.53 Å². The summed E-state index contributed by atoms with van der Waals surface area (Å²) in [5.41, 5.74) is 0.660. The molecule has 0 spiro atoms. The van der Waals surface area contributed by atoms with Crippen molar-refractivity contribution in [2.75, 3.05) is 34.3 Å². The molecule has 1 aromatic rings. The molecule has 0 heterocycles. The van der Waals surface area contributed by atoms with Crippen LogP contribution in [0.3, 0.4) is 0 Å². The van der Waals surface area contributed by atoms with E-state index in [1.807, 2.05) is 14.1 Å². The highest BCUT2D eigenvalue weighted by atomic mass is 16.5. The smallest absolute Gasteiger partial charge is 0.251 e. The molecule has 4 nitrogen and oxygen atoms in total. The van der Waals surface area contributed by atoms with Crippen LogP contribution in [0.25, 0.3) is 0 Å². The summed E-state index contributed by atoms with van der Waals surface area (Å²) < 4.78 is 5.05. The average molecular weight is 250 g/mol. The second-order valence-corrected chi connectivity index (χ2v) is 4.81. The summed E-state index contributed by atoms with van der Waals surface area (Å²) in [5.74, 6) is 1.15. The monoisotopic (exact) mass is 250 g/mol. The number of rotatable bonds is 6. The van der Waals surface area contributed by atoms with Crippen molar-refractivity contribution in [3.63, 3.8) is 0 Å². The third kappa shape index (κ3) is 4.75. The van der Waals surface area contributed by atoms with Crippen molar-refractivity contribution in [2.24, 2.45) is 5.92 Å². The number of benzene rings is 1. The number of hydrogen-bond acceptors (Lipinski definition) is 3. The molecule has 1 aromatic carbocycles. The topological polar surface area (TPSA) is 41.6 Å². The molecule has 0 bridgehead atoms. The largest absolute Gasteiger partial charge is 0.497 e. The van der Waals surface area contributed by atoms with Gasteiger partial charge >= 0.3 is 0 Å². The third-order valence-electron chi connectivity index (χ3n) is 2.64. The SMILES string of the molecule is COc1ccc(C(=O)NC[C@@H](C)CN(C)C)cc1. The van der Waals surface area contributed by atoms with Gasteiger partial charge in [-0.3, -0.25) is 4.79 Å². The van der Waals surface area contributed by atoms with E-state index in [2.05, 4.69) is 17.1 Å². The normalized spacial score (nSPS) is 12.3. The maximum Gasteiger partial charge on any atom is 0.251 e. The molecule has 0 saturated heterocycles. The molecular weight excluding hydrogens is 228 g/mol. The van der Waals surface area contributed by atoms with E-state index in [1.165, 1.54) is 0 Å². The second-order valence-electron chi connectivity index (χ2n) is 4.81. The fraction of sp³-hybridized carbons (Fsp3) is 0.500. The van der Waals surface area contributed by atoms with Gasteiger partial charge in [-0.1, -0.05) is 6.92 Å². The number of hydrogen-bond donors (Lipinski definition) is 1. The lowest BCUT2D eigenvalue weighted by Gasteiger charge is -2.17. The lowest BCUT2D eigenvalue weighted by molar-refractivity contribution is 0.0946. The Bertz CT molecular complexity index is 374. The standard InChI is InChI=1S/C14H22N2O2/c1-11(10-16(2)3)9-15-14(17)12-5-7-13(18-4)8-6-12/h5-8,11H,9-10H2,1-4H3,(H,15,17)/t11-/m1/s1. The van der Waals surface area contributed by atoms with Crippen molar-refractivity contribution in [2.45, 2.75) is 6.92 Å². The van der Waals surface area contributed by atoms with E-state index in [0.717, 1.165) is 12.3 Å². The van der Waals surface area contributed by atoms with Crippen LogP contribution >= 0.6 is 0 Å². The molecule has 0 aromatic heterocycles. The molecule has 100 valence electrons. The summed E-state index contributed by atoms with van der Waals surface area (Å²) in [4.78, 5) is 14.0. The Morgan fingerprint density at radius 1 is 1.33 bits per heavy atom. The third-order valence-corrected chi connectivity index (χ3v) is 2.64. The van der Waals surface area contributed by atoms with Gasteiger partial charge in [0.2, 0.25) is 0 Å². The summed E-state index contributed by atoms with van der Waals surface area (Å²) in [5, 5.41) is 2.94. The van der Waals surface area contributed by atoms with E-state index in [1.54, 1.807) is 31.4 Å². The highest BCUT2D eigenvalue weighted by Gasteiger charge is 2.08. The fourth-order valence-electron chi connectivity index (χ4n) is 1.80. The molecule has 0 saturated carbocycles. The van der Waals surface area contributed by atoms with Crippen molar-refractivity contribution in [1.29, 1.82) is 0 Å². The Kier molecular flexibility index (Phi) is 5.65. The predicted molar refractivity (Wildman–Crippen MR) is 73.0 cm³/mol. The lowest BCUT2D eigenvalue weighted by atomic mass is 10.1. The van der Waals surface area contributed by atoms with Gasteiger partial charge < -0.3 is 15.0 Å². The number of ether oxygens (including phenoxy) is 1. The van der Waals surface area contributed by atoms with Gasteiger partial charge in [-0.25, -0.2) is 0 Å². The van der Waals surface area contributed by atoms with Crippen molar-refractivity contribution >= 4 is 5.91 Å². The maximum absolute atomic E-state index is 11.9. The molecule has 0 aliphatic carbocycles. The van der Waals surface area contributed by atoms with Gasteiger partial charge in [0.15, 0.2) is 0 Å². The zero-order chi connectivity index (χ0) is 13.5. The highest BCUT2D eigenvalue weighted by Crippen LogP contribution is 2.11. The molecule has 0 aliphatic rings. The summed E-state index contributed by atoms with van der Waals surface area (Å²) in [6.45, 7) is 3.76. The first-order chi connectivity index (χ1) is 8.52. The van der Waals surface area contributed by atoms with Crippen LogP contribution < -0.4 is 10.1 Å². The van der Waals surface area contributed by atoms with E-state index in [-0.39, 0.29) is 5.91 Å². The molecule has 18 heavy (non-hydrogen) atoms. The number of nitrogens with one attached hydrogen (secondary N) is 1. The number of carbonyl (C=O) groups excluding carboxylic acids is 1. The average Bonchev–Trinajstić information content (AvgIpc) is 2.35. The minimum atomic E-state index is -0.0386. The minimum absolute atomic E-state index is 0.0386. The lowest BCUT2D eigenvalue weighted by Crippen LogP contribution is -2.32. The number of carbonyl (C=O) groups is 1. The Morgan fingerprint density at radius 2 is 1.94 bits per heavy atom. The summed E-state index contributed by atoms with van der Waals surface area (Å²) in [6.07, 6.45) is 0. The predicted octanol–water partition coefficient (Wildman–Crippen LogP) is 1.62. The molecule has 4 heteroatoms. The summed E-state index contributed by atoms with van der Waals surface area (Å²) in [7, 11) is 5.67.